The van der Waals surface area contributed by atoms with Crippen molar-refractivity contribution in [3.8, 4) is 11.4 Å². The number of urea groups is 1. The monoisotopic (exact) mass is 371 g/mol. The fourth-order valence-corrected chi connectivity index (χ4v) is 3.22. The molecule has 0 unspecified atom stereocenters. The summed E-state index contributed by atoms with van der Waals surface area (Å²) in [5.74, 6) is 0. The molecule has 0 aliphatic heterocycles. The fourth-order valence-electron chi connectivity index (χ4n) is 3.22. The van der Waals surface area contributed by atoms with E-state index in [9.17, 15) is 4.79 Å². The molecular weight excluding hydrogens is 350 g/mol. The number of carbonyl (C=O) groups excluding carboxylic acids is 1. The van der Waals surface area contributed by atoms with Crippen molar-refractivity contribution < 1.29 is 4.79 Å². The SMILES string of the molecule is Cn1nc(CNC(=O)NCc2cccc3ccccc23)cc1-c1ccccn1. The molecule has 6 nitrogen and oxygen atoms in total. The molecule has 28 heavy (non-hydrogen) atoms. The lowest BCUT2D eigenvalue weighted by Gasteiger charge is -2.09. The zero-order chi connectivity index (χ0) is 19.3. The molecular formula is C22H21N5O. The van der Waals surface area contributed by atoms with Crippen molar-refractivity contribution >= 4 is 16.8 Å². The quantitative estimate of drug-likeness (QED) is 0.563. The Bertz CT molecular complexity index is 1100. The third kappa shape index (κ3) is 3.86. The molecule has 0 fully saturated rings. The molecule has 2 heterocycles. The number of aryl methyl sites for hydroxylation is 1. The number of aromatic nitrogens is 3. The summed E-state index contributed by atoms with van der Waals surface area (Å²) in [7, 11) is 1.87. The van der Waals surface area contributed by atoms with Gasteiger partial charge in [0, 0.05) is 19.8 Å². The van der Waals surface area contributed by atoms with Crippen molar-refractivity contribution in [3.05, 3.63) is 84.2 Å². The van der Waals surface area contributed by atoms with Crippen molar-refractivity contribution in [3.63, 3.8) is 0 Å². The Balaban J connectivity index is 1.36. The van der Waals surface area contributed by atoms with Crippen molar-refractivity contribution in [1.29, 1.82) is 0 Å². The van der Waals surface area contributed by atoms with Crippen molar-refractivity contribution in [2.75, 3.05) is 0 Å². The van der Waals surface area contributed by atoms with Crippen LogP contribution in [-0.4, -0.2) is 20.8 Å². The number of nitrogens with one attached hydrogen (secondary N) is 2. The number of pyridine rings is 1. The summed E-state index contributed by atoms with van der Waals surface area (Å²) in [5.41, 5.74) is 3.63. The Morgan fingerprint density at radius 3 is 2.61 bits per heavy atom. The predicted molar refractivity (Wildman–Crippen MR) is 109 cm³/mol. The minimum Gasteiger partial charge on any atom is -0.334 e. The highest BCUT2D eigenvalue weighted by atomic mass is 16.2. The average Bonchev–Trinajstić information content (AvgIpc) is 3.12. The molecule has 2 aromatic heterocycles. The Hall–Kier alpha value is -3.67. The van der Waals surface area contributed by atoms with Crippen LogP contribution in [0.1, 0.15) is 11.3 Å². The number of fused-ring (bicyclic) bond motifs is 1. The largest absolute Gasteiger partial charge is 0.334 e. The Morgan fingerprint density at radius 2 is 1.75 bits per heavy atom. The molecule has 140 valence electrons. The molecule has 0 saturated heterocycles. The number of carbonyl (C=O) groups is 1. The second-order valence-corrected chi connectivity index (χ2v) is 6.53. The molecule has 2 N–H and O–H groups in total. The van der Waals surface area contributed by atoms with Crippen LogP contribution in [0.25, 0.3) is 22.2 Å². The number of nitrogens with zero attached hydrogens (tertiary/aromatic N) is 3. The Labute approximate surface area is 163 Å². The van der Waals surface area contributed by atoms with E-state index in [0.717, 1.165) is 33.4 Å². The van der Waals surface area contributed by atoms with Gasteiger partial charge in [0.15, 0.2) is 0 Å². The van der Waals surface area contributed by atoms with Gasteiger partial charge in [-0.25, -0.2) is 4.79 Å². The van der Waals surface area contributed by atoms with Gasteiger partial charge >= 0.3 is 6.03 Å². The zero-order valence-corrected chi connectivity index (χ0v) is 15.6. The standard InChI is InChI=1S/C22H21N5O/c1-27-21(20-11-4-5-12-23-20)13-18(26-27)15-25-22(28)24-14-17-9-6-8-16-7-2-3-10-19(16)17/h2-13H,14-15H2,1H3,(H2,24,25,28). The van der Waals surface area contributed by atoms with Crippen molar-refractivity contribution in [1.82, 2.24) is 25.4 Å². The number of hydrogen-bond acceptors (Lipinski definition) is 3. The number of hydrogen-bond donors (Lipinski definition) is 2. The van der Waals surface area contributed by atoms with E-state index in [2.05, 4.69) is 38.9 Å². The summed E-state index contributed by atoms with van der Waals surface area (Å²) < 4.78 is 1.77. The van der Waals surface area contributed by atoms with Crippen LogP contribution in [-0.2, 0) is 20.1 Å². The minimum absolute atomic E-state index is 0.224. The lowest BCUT2D eigenvalue weighted by Crippen LogP contribution is -2.34. The van der Waals surface area contributed by atoms with Crippen LogP contribution in [0.2, 0.25) is 0 Å². The van der Waals surface area contributed by atoms with Gasteiger partial charge in [0.25, 0.3) is 0 Å². The second kappa shape index (κ2) is 7.92. The molecule has 2 amide bonds. The van der Waals surface area contributed by atoms with E-state index in [0.29, 0.717) is 13.1 Å². The lowest BCUT2D eigenvalue weighted by atomic mass is 10.0. The van der Waals surface area contributed by atoms with Gasteiger partial charge in [-0.2, -0.15) is 5.10 Å². The van der Waals surface area contributed by atoms with Crippen LogP contribution < -0.4 is 10.6 Å². The second-order valence-electron chi connectivity index (χ2n) is 6.53. The van der Waals surface area contributed by atoms with E-state index in [1.807, 2.05) is 55.6 Å². The van der Waals surface area contributed by atoms with Crippen LogP contribution in [0.4, 0.5) is 4.79 Å². The van der Waals surface area contributed by atoms with Gasteiger partial charge < -0.3 is 10.6 Å². The lowest BCUT2D eigenvalue weighted by molar-refractivity contribution is 0.240. The number of rotatable bonds is 5. The highest BCUT2D eigenvalue weighted by molar-refractivity contribution is 5.86. The minimum atomic E-state index is -0.224. The average molecular weight is 371 g/mol. The van der Waals surface area contributed by atoms with Gasteiger partial charge in [-0.05, 0) is 34.5 Å². The third-order valence-electron chi connectivity index (χ3n) is 4.61. The van der Waals surface area contributed by atoms with E-state index in [4.69, 9.17) is 0 Å². The maximum absolute atomic E-state index is 12.2. The molecule has 0 aliphatic rings. The molecule has 0 spiro atoms. The molecule has 6 heteroatoms. The highest BCUT2D eigenvalue weighted by Crippen LogP contribution is 2.18. The van der Waals surface area contributed by atoms with Crippen LogP contribution in [0, 0.1) is 0 Å². The summed E-state index contributed by atoms with van der Waals surface area (Å²) in [6.45, 7) is 0.816. The van der Waals surface area contributed by atoms with E-state index < -0.39 is 0 Å². The summed E-state index contributed by atoms with van der Waals surface area (Å²) >= 11 is 0. The van der Waals surface area contributed by atoms with Crippen molar-refractivity contribution in [2.45, 2.75) is 13.1 Å². The smallest absolute Gasteiger partial charge is 0.315 e. The normalized spacial score (nSPS) is 10.8. The van der Waals surface area contributed by atoms with Crippen LogP contribution in [0.5, 0.6) is 0 Å². The topological polar surface area (TPSA) is 71.8 Å². The molecule has 4 aromatic rings. The summed E-state index contributed by atoms with van der Waals surface area (Å²) in [4.78, 5) is 16.6. The maximum Gasteiger partial charge on any atom is 0.315 e. The first kappa shape index (κ1) is 17.7. The van der Waals surface area contributed by atoms with Gasteiger partial charge in [0.2, 0.25) is 0 Å². The maximum atomic E-state index is 12.2. The zero-order valence-electron chi connectivity index (χ0n) is 15.6. The third-order valence-corrected chi connectivity index (χ3v) is 4.61. The molecule has 2 aromatic carbocycles. The predicted octanol–water partition coefficient (Wildman–Crippen LogP) is 3.63. The first-order valence-corrected chi connectivity index (χ1v) is 9.13. The highest BCUT2D eigenvalue weighted by Gasteiger charge is 2.09. The van der Waals surface area contributed by atoms with Crippen LogP contribution in [0.15, 0.2) is 72.9 Å². The van der Waals surface area contributed by atoms with Crippen molar-refractivity contribution in [2.24, 2.45) is 7.05 Å². The molecule has 4 rings (SSSR count). The summed E-state index contributed by atoms with van der Waals surface area (Å²) in [6.07, 6.45) is 1.75. The molecule has 0 bridgehead atoms. The van der Waals surface area contributed by atoms with Gasteiger partial charge in [0.1, 0.15) is 0 Å². The fraction of sp³-hybridized carbons (Fsp3) is 0.136. The first-order valence-electron chi connectivity index (χ1n) is 9.13. The molecule has 0 aliphatic carbocycles. The molecule has 0 atom stereocenters. The van der Waals surface area contributed by atoms with Gasteiger partial charge in [0.05, 0.1) is 23.6 Å². The number of benzene rings is 2. The van der Waals surface area contributed by atoms with Crippen LogP contribution >= 0.6 is 0 Å². The molecule has 0 radical (unpaired) electrons. The number of amides is 2. The van der Waals surface area contributed by atoms with E-state index in [-0.39, 0.29) is 6.03 Å². The van der Waals surface area contributed by atoms with E-state index in [1.54, 1.807) is 10.9 Å². The Morgan fingerprint density at radius 1 is 0.964 bits per heavy atom. The summed E-state index contributed by atoms with van der Waals surface area (Å²) in [6, 6.07) is 21.7. The van der Waals surface area contributed by atoms with Gasteiger partial charge in [-0.1, -0.05) is 48.5 Å². The first-order chi connectivity index (χ1) is 13.7. The summed E-state index contributed by atoms with van der Waals surface area (Å²) in [5, 5.41) is 12.5. The van der Waals surface area contributed by atoms with E-state index >= 15 is 0 Å². The molecule has 0 saturated carbocycles. The van der Waals surface area contributed by atoms with Gasteiger partial charge in [-0.3, -0.25) is 9.67 Å². The van der Waals surface area contributed by atoms with E-state index in [1.165, 1.54) is 0 Å². The van der Waals surface area contributed by atoms with Crippen LogP contribution in [0.3, 0.4) is 0 Å². The Kier molecular flexibility index (Phi) is 5.01. The van der Waals surface area contributed by atoms with Gasteiger partial charge in [-0.15, -0.1) is 0 Å².